The lowest BCUT2D eigenvalue weighted by Gasteiger charge is -2.08. The van der Waals surface area contributed by atoms with Crippen LogP contribution in [0.3, 0.4) is 0 Å². The molecule has 0 aliphatic carbocycles. The number of alkyl halides is 1. The quantitative estimate of drug-likeness (QED) is 0.681. The summed E-state index contributed by atoms with van der Waals surface area (Å²) < 4.78 is 13.0. The van der Waals surface area contributed by atoms with Gasteiger partial charge in [-0.25, -0.2) is 9.37 Å². The number of rotatable bonds is 1. The van der Waals surface area contributed by atoms with Crippen molar-refractivity contribution in [2.24, 2.45) is 0 Å². The lowest BCUT2D eigenvalue weighted by Crippen LogP contribution is -2.09. The molecule has 2 N–H and O–H groups in total. The Morgan fingerprint density at radius 1 is 1.70 bits per heavy atom. The van der Waals surface area contributed by atoms with Crippen molar-refractivity contribution in [1.82, 2.24) is 4.98 Å². The zero-order chi connectivity index (χ0) is 7.78. The Hall–Kier alpha value is -0.640. The Labute approximate surface area is 62.9 Å². The Morgan fingerprint density at radius 2 is 2.30 bits per heavy atom. The number of aromatic nitrogens is 1. The van der Waals surface area contributed by atoms with Gasteiger partial charge in [0.25, 0.3) is 0 Å². The molecule has 0 radical (unpaired) electrons. The van der Waals surface area contributed by atoms with Gasteiger partial charge in [0.1, 0.15) is 5.67 Å². The van der Waals surface area contributed by atoms with Crippen LogP contribution in [0.15, 0.2) is 5.38 Å². The third-order valence-electron chi connectivity index (χ3n) is 1.13. The highest BCUT2D eigenvalue weighted by atomic mass is 32.1. The summed E-state index contributed by atoms with van der Waals surface area (Å²) in [6, 6.07) is 0. The highest BCUT2D eigenvalue weighted by Crippen LogP contribution is 2.26. The van der Waals surface area contributed by atoms with Crippen LogP contribution in [0.2, 0.25) is 0 Å². The van der Waals surface area contributed by atoms with Crippen molar-refractivity contribution in [3.8, 4) is 0 Å². The van der Waals surface area contributed by atoms with E-state index in [9.17, 15) is 4.39 Å². The third kappa shape index (κ3) is 1.44. The molecule has 0 aliphatic heterocycles. The maximum atomic E-state index is 13.0. The highest BCUT2D eigenvalue weighted by Gasteiger charge is 2.21. The summed E-state index contributed by atoms with van der Waals surface area (Å²) in [4.78, 5) is 3.80. The van der Waals surface area contributed by atoms with Crippen LogP contribution in [-0.2, 0) is 5.67 Å². The topological polar surface area (TPSA) is 38.9 Å². The summed E-state index contributed by atoms with van der Waals surface area (Å²) in [5, 5.41) is 2.05. The monoisotopic (exact) mass is 160 g/mol. The zero-order valence-corrected chi connectivity index (χ0v) is 6.70. The predicted molar refractivity (Wildman–Crippen MR) is 40.7 cm³/mol. The van der Waals surface area contributed by atoms with E-state index in [0.29, 0.717) is 10.8 Å². The van der Waals surface area contributed by atoms with Crippen LogP contribution in [0.4, 0.5) is 9.52 Å². The van der Waals surface area contributed by atoms with Crippen molar-refractivity contribution < 1.29 is 4.39 Å². The minimum Gasteiger partial charge on any atom is -0.375 e. The molecular formula is C6H9FN2S. The molecular weight excluding hydrogens is 151 g/mol. The molecule has 0 fully saturated rings. The third-order valence-corrected chi connectivity index (χ3v) is 1.80. The molecule has 0 spiro atoms. The minimum absolute atomic E-state index is 0.412. The van der Waals surface area contributed by atoms with Crippen molar-refractivity contribution in [2.45, 2.75) is 19.5 Å². The summed E-state index contributed by atoms with van der Waals surface area (Å²) in [6.45, 7) is 2.92. The van der Waals surface area contributed by atoms with E-state index in [2.05, 4.69) is 4.98 Å². The highest BCUT2D eigenvalue weighted by molar-refractivity contribution is 7.13. The molecule has 0 aromatic carbocycles. The van der Waals surface area contributed by atoms with Gasteiger partial charge in [-0.1, -0.05) is 0 Å². The second kappa shape index (κ2) is 2.20. The predicted octanol–water partition coefficient (Wildman–Crippen LogP) is 1.93. The number of thiazole rings is 1. The SMILES string of the molecule is CC(C)(F)c1csc(N)n1. The summed E-state index contributed by atoms with van der Waals surface area (Å²) in [5.74, 6) is 0. The van der Waals surface area contributed by atoms with Crippen molar-refractivity contribution in [2.75, 3.05) is 5.73 Å². The number of nitrogens with two attached hydrogens (primary N) is 1. The van der Waals surface area contributed by atoms with Crippen molar-refractivity contribution in [1.29, 1.82) is 0 Å². The lowest BCUT2D eigenvalue weighted by molar-refractivity contribution is 0.215. The van der Waals surface area contributed by atoms with E-state index in [4.69, 9.17) is 5.73 Å². The van der Waals surface area contributed by atoms with Crippen LogP contribution < -0.4 is 5.73 Å². The molecule has 0 saturated carbocycles. The van der Waals surface area contributed by atoms with Crippen LogP contribution in [0.1, 0.15) is 19.5 Å². The number of hydrogen-bond acceptors (Lipinski definition) is 3. The summed E-state index contributed by atoms with van der Waals surface area (Å²) >= 11 is 1.26. The molecule has 1 aromatic heterocycles. The molecule has 0 aliphatic rings. The second-order valence-electron chi connectivity index (χ2n) is 2.54. The van der Waals surface area contributed by atoms with Crippen LogP contribution >= 0.6 is 11.3 Å². The molecule has 0 bridgehead atoms. The fraction of sp³-hybridized carbons (Fsp3) is 0.500. The fourth-order valence-corrected chi connectivity index (χ4v) is 1.28. The Balaban J connectivity index is 2.96. The first-order valence-electron chi connectivity index (χ1n) is 2.90. The molecule has 1 heterocycles. The summed E-state index contributed by atoms with van der Waals surface area (Å²) in [6.07, 6.45) is 0. The van der Waals surface area contributed by atoms with Crippen LogP contribution in [0.5, 0.6) is 0 Å². The van der Waals surface area contributed by atoms with Gasteiger partial charge in [-0.3, -0.25) is 0 Å². The number of halogens is 1. The van der Waals surface area contributed by atoms with E-state index >= 15 is 0 Å². The minimum atomic E-state index is -1.37. The Morgan fingerprint density at radius 3 is 2.50 bits per heavy atom. The van der Waals surface area contributed by atoms with Crippen molar-refractivity contribution >= 4 is 16.5 Å². The first kappa shape index (κ1) is 7.47. The zero-order valence-electron chi connectivity index (χ0n) is 5.89. The van der Waals surface area contributed by atoms with E-state index in [1.54, 1.807) is 5.38 Å². The average molecular weight is 160 g/mol. The number of nitrogen functional groups attached to an aromatic ring is 1. The van der Waals surface area contributed by atoms with Gasteiger partial charge in [0.2, 0.25) is 0 Å². The second-order valence-corrected chi connectivity index (χ2v) is 3.43. The largest absolute Gasteiger partial charge is 0.375 e. The first-order valence-corrected chi connectivity index (χ1v) is 3.78. The van der Waals surface area contributed by atoms with E-state index in [0.717, 1.165) is 0 Å². The van der Waals surface area contributed by atoms with Gasteiger partial charge in [-0.05, 0) is 13.8 Å². The summed E-state index contributed by atoms with van der Waals surface area (Å²) in [5.41, 5.74) is 4.36. The number of anilines is 1. The normalized spacial score (nSPS) is 11.9. The smallest absolute Gasteiger partial charge is 0.180 e. The molecule has 10 heavy (non-hydrogen) atoms. The van der Waals surface area contributed by atoms with E-state index in [-0.39, 0.29) is 0 Å². The van der Waals surface area contributed by atoms with E-state index in [1.165, 1.54) is 25.2 Å². The van der Waals surface area contributed by atoms with Crippen molar-refractivity contribution in [3.05, 3.63) is 11.1 Å². The summed E-state index contributed by atoms with van der Waals surface area (Å²) in [7, 11) is 0. The average Bonchev–Trinajstić information content (AvgIpc) is 2.11. The molecule has 4 heteroatoms. The van der Waals surface area contributed by atoms with Crippen LogP contribution in [0, 0.1) is 0 Å². The van der Waals surface area contributed by atoms with Crippen molar-refractivity contribution in [3.63, 3.8) is 0 Å². The van der Waals surface area contributed by atoms with Gasteiger partial charge in [0.15, 0.2) is 5.13 Å². The van der Waals surface area contributed by atoms with Gasteiger partial charge in [0, 0.05) is 5.38 Å². The number of nitrogens with zero attached hydrogens (tertiary/aromatic N) is 1. The lowest BCUT2D eigenvalue weighted by atomic mass is 10.1. The van der Waals surface area contributed by atoms with E-state index in [1.807, 2.05) is 0 Å². The molecule has 1 rings (SSSR count). The maximum Gasteiger partial charge on any atom is 0.180 e. The molecule has 0 atom stereocenters. The Bertz CT molecular complexity index is 226. The van der Waals surface area contributed by atoms with Crippen LogP contribution in [-0.4, -0.2) is 4.98 Å². The van der Waals surface area contributed by atoms with Gasteiger partial charge in [-0.15, -0.1) is 11.3 Å². The van der Waals surface area contributed by atoms with Gasteiger partial charge in [-0.2, -0.15) is 0 Å². The van der Waals surface area contributed by atoms with Gasteiger partial charge in [0.05, 0.1) is 5.69 Å². The van der Waals surface area contributed by atoms with Crippen LogP contribution in [0.25, 0.3) is 0 Å². The molecule has 1 aromatic rings. The maximum absolute atomic E-state index is 13.0. The van der Waals surface area contributed by atoms with Gasteiger partial charge < -0.3 is 5.73 Å². The molecule has 0 saturated heterocycles. The Kier molecular flexibility index (Phi) is 1.64. The standard InChI is InChI=1S/C6H9FN2S/c1-6(2,7)4-3-10-5(8)9-4/h3H,1-2H3,(H2,8,9). The molecule has 0 amide bonds. The van der Waals surface area contributed by atoms with E-state index < -0.39 is 5.67 Å². The molecule has 56 valence electrons. The van der Waals surface area contributed by atoms with Gasteiger partial charge >= 0.3 is 0 Å². The molecule has 0 unspecified atom stereocenters. The number of hydrogen-bond donors (Lipinski definition) is 1. The molecule has 2 nitrogen and oxygen atoms in total. The first-order chi connectivity index (χ1) is 4.50. The fourth-order valence-electron chi connectivity index (χ4n) is 0.561.